The summed E-state index contributed by atoms with van der Waals surface area (Å²) < 4.78 is 1.69. The number of carbonyl (C=O) groups is 1. The van der Waals surface area contributed by atoms with Crippen LogP contribution in [-0.4, -0.2) is 31.2 Å². The van der Waals surface area contributed by atoms with E-state index in [9.17, 15) is 4.79 Å². The lowest BCUT2D eigenvalue weighted by Crippen LogP contribution is -2.21. The van der Waals surface area contributed by atoms with Crippen molar-refractivity contribution in [3.8, 4) is 5.69 Å². The maximum Gasteiger partial charge on any atom is 0.214 e. The number of hydrogen-bond donors (Lipinski definition) is 0. The molecule has 2 aromatic rings. The van der Waals surface area contributed by atoms with Gasteiger partial charge in [0.2, 0.25) is 5.16 Å². The standard InChI is InChI=1S/C13H14N4OS/c18-11-8-4-5-9-12(11)19-13-14-15-16-17(13)10-6-2-1-3-7-10/h1-3,6-7,12H,4-5,8-9H2. The van der Waals surface area contributed by atoms with Crippen LogP contribution in [0.3, 0.4) is 0 Å². The van der Waals surface area contributed by atoms with Crippen molar-refractivity contribution in [1.29, 1.82) is 0 Å². The Bertz CT molecular complexity index is 569. The molecule has 98 valence electrons. The average Bonchev–Trinajstić information content (AvgIpc) is 2.91. The van der Waals surface area contributed by atoms with E-state index in [-0.39, 0.29) is 5.25 Å². The third kappa shape index (κ3) is 2.68. The monoisotopic (exact) mass is 274 g/mol. The molecule has 1 aliphatic carbocycles. The van der Waals surface area contributed by atoms with Gasteiger partial charge in [-0.15, -0.1) is 5.10 Å². The Hall–Kier alpha value is -1.69. The predicted octanol–water partition coefficient (Wildman–Crippen LogP) is 2.27. The smallest absolute Gasteiger partial charge is 0.214 e. The summed E-state index contributed by atoms with van der Waals surface area (Å²) >= 11 is 1.48. The molecule has 19 heavy (non-hydrogen) atoms. The Labute approximate surface area is 115 Å². The van der Waals surface area contributed by atoms with Crippen molar-refractivity contribution in [2.24, 2.45) is 0 Å². The van der Waals surface area contributed by atoms with Gasteiger partial charge < -0.3 is 0 Å². The zero-order valence-corrected chi connectivity index (χ0v) is 11.2. The maximum atomic E-state index is 11.9. The minimum Gasteiger partial charge on any atom is -0.298 e. The molecule has 1 saturated carbocycles. The molecule has 0 bridgehead atoms. The molecule has 1 atom stereocenters. The number of para-hydroxylation sites is 1. The van der Waals surface area contributed by atoms with Crippen LogP contribution in [-0.2, 0) is 4.79 Å². The summed E-state index contributed by atoms with van der Waals surface area (Å²) in [5, 5.41) is 12.4. The molecule has 3 rings (SSSR count). The molecule has 0 amide bonds. The van der Waals surface area contributed by atoms with E-state index in [1.165, 1.54) is 11.8 Å². The maximum absolute atomic E-state index is 11.9. The highest BCUT2D eigenvalue weighted by Gasteiger charge is 2.25. The van der Waals surface area contributed by atoms with Crippen molar-refractivity contribution >= 4 is 17.5 Å². The number of aromatic nitrogens is 4. The summed E-state index contributed by atoms with van der Waals surface area (Å²) in [5.41, 5.74) is 0.915. The molecule has 1 heterocycles. The molecule has 0 spiro atoms. The topological polar surface area (TPSA) is 60.7 Å². The first-order chi connectivity index (χ1) is 9.34. The zero-order valence-electron chi connectivity index (χ0n) is 10.4. The zero-order chi connectivity index (χ0) is 13.1. The lowest BCUT2D eigenvalue weighted by atomic mass is 9.99. The Morgan fingerprint density at radius 3 is 2.84 bits per heavy atom. The van der Waals surface area contributed by atoms with Crippen LogP contribution in [0.2, 0.25) is 0 Å². The molecule has 1 fully saturated rings. The van der Waals surface area contributed by atoms with Crippen molar-refractivity contribution in [3.05, 3.63) is 30.3 Å². The number of ketones is 1. The fourth-order valence-electron chi connectivity index (χ4n) is 2.19. The van der Waals surface area contributed by atoms with E-state index in [1.807, 2.05) is 30.3 Å². The summed E-state index contributed by atoms with van der Waals surface area (Å²) in [6.07, 6.45) is 3.73. The summed E-state index contributed by atoms with van der Waals surface area (Å²) in [6, 6.07) is 9.73. The van der Waals surface area contributed by atoms with Gasteiger partial charge in [0.15, 0.2) is 0 Å². The molecule has 0 N–H and O–H groups in total. The molecule has 1 aliphatic rings. The van der Waals surface area contributed by atoms with Gasteiger partial charge in [0.25, 0.3) is 0 Å². The van der Waals surface area contributed by atoms with Crippen molar-refractivity contribution in [2.75, 3.05) is 0 Å². The van der Waals surface area contributed by atoms with Gasteiger partial charge in [-0.3, -0.25) is 4.79 Å². The second-order valence-electron chi connectivity index (χ2n) is 4.53. The fraction of sp³-hybridized carbons (Fsp3) is 0.385. The Balaban J connectivity index is 1.82. The number of hydrogen-bond acceptors (Lipinski definition) is 5. The van der Waals surface area contributed by atoms with Crippen molar-refractivity contribution in [2.45, 2.75) is 36.1 Å². The van der Waals surface area contributed by atoms with Crippen LogP contribution in [0.15, 0.2) is 35.5 Å². The van der Waals surface area contributed by atoms with E-state index in [1.54, 1.807) is 4.68 Å². The van der Waals surface area contributed by atoms with Gasteiger partial charge in [0.05, 0.1) is 10.9 Å². The second kappa shape index (κ2) is 5.52. The van der Waals surface area contributed by atoms with Gasteiger partial charge in [-0.05, 0) is 35.4 Å². The van der Waals surface area contributed by atoms with Crippen LogP contribution < -0.4 is 0 Å². The van der Waals surface area contributed by atoms with Gasteiger partial charge in [0.1, 0.15) is 5.78 Å². The van der Waals surface area contributed by atoms with E-state index in [4.69, 9.17) is 0 Å². The molecule has 1 aromatic heterocycles. The van der Waals surface area contributed by atoms with E-state index < -0.39 is 0 Å². The molecular weight excluding hydrogens is 260 g/mol. The van der Waals surface area contributed by atoms with Crippen molar-refractivity contribution in [3.63, 3.8) is 0 Å². The molecule has 0 aliphatic heterocycles. The summed E-state index contributed by atoms with van der Waals surface area (Å²) in [6.45, 7) is 0. The van der Waals surface area contributed by atoms with Crippen molar-refractivity contribution < 1.29 is 4.79 Å². The second-order valence-corrected chi connectivity index (χ2v) is 5.70. The Morgan fingerprint density at radius 1 is 1.21 bits per heavy atom. The van der Waals surface area contributed by atoms with Crippen LogP contribution in [0.1, 0.15) is 25.7 Å². The molecule has 5 nitrogen and oxygen atoms in total. The number of Topliss-reactive ketones (excluding diaryl/α,β-unsaturated/α-hetero) is 1. The third-order valence-electron chi connectivity index (χ3n) is 3.19. The number of benzene rings is 1. The minimum absolute atomic E-state index is 0.00205. The first-order valence-corrected chi connectivity index (χ1v) is 7.26. The van der Waals surface area contributed by atoms with E-state index in [2.05, 4.69) is 15.5 Å². The molecule has 1 aromatic carbocycles. The Morgan fingerprint density at radius 2 is 2.05 bits per heavy atom. The number of tetrazole rings is 1. The molecular formula is C13H14N4OS. The van der Waals surface area contributed by atoms with E-state index >= 15 is 0 Å². The largest absolute Gasteiger partial charge is 0.298 e. The third-order valence-corrected chi connectivity index (χ3v) is 4.44. The number of nitrogens with zero attached hydrogens (tertiary/aromatic N) is 4. The van der Waals surface area contributed by atoms with Gasteiger partial charge in [-0.25, -0.2) is 0 Å². The van der Waals surface area contributed by atoms with Crippen LogP contribution in [0.25, 0.3) is 5.69 Å². The van der Waals surface area contributed by atoms with Gasteiger partial charge in [-0.1, -0.05) is 36.4 Å². The first-order valence-electron chi connectivity index (χ1n) is 6.38. The molecule has 6 heteroatoms. The number of rotatable bonds is 3. The number of thioether (sulfide) groups is 1. The fourth-order valence-corrected chi connectivity index (χ4v) is 3.30. The highest BCUT2D eigenvalue weighted by atomic mass is 32.2. The van der Waals surface area contributed by atoms with Crippen LogP contribution >= 0.6 is 11.8 Å². The lowest BCUT2D eigenvalue weighted by molar-refractivity contribution is -0.119. The van der Waals surface area contributed by atoms with E-state index in [0.717, 1.165) is 24.9 Å². The predicted molar refractivity (Wildman–Crippen MR) is 72.3 cm³/mol. The van der Waals surface area contributed by atoms with Gasteiger partial charge >= 0.3 is 0 Å². The highest BCUT2D eigenvalue weighted by Crippen LogP contribution is 2.30. The number of carbonyl (C=O) groups excluding carboxylic acids is 1. The molecule has 1 unspecified atom stereocenters. The van der Waals surface area contributed by atoms with Crippen LogP contribution in [0.5, 0.6) is 0 Å². The summed E-state index contributed by atoms with van der Waals surface area (Å²) in [4.78, 5) is 11.9. The Kier molecular flexibility index (Phi) is 3.59. The van der Waals surface area contributed by atoms with E-state index in [0.29, 0.717) is 17.4 Å². The van der Waals surface area contributed by atoms with Gasteiger partial charge in [0, 0.05) is 6.42 Å². The molecule has 0 radical (unpaired) electrons. The molecule has 0 saturated heterocycles. The SMILES string of the molecule is O=C1CCCCC1Sc1nnnn1-c1ccccc1. The van der Waals surface area contributed by atoms with Crippen LogP contribution in [0.4, 0.5) is 0 Å². The minimum atomic E-state index is 0.00205. The lowest BCUT2D eigenvalue weighted by Gasteiger charge is -2.18. The quantitative estimate of drug-likeness (QED) is 0.859. The van der Waals surface area contributed by atoms with Crippen LogP contribution in [0, 0.1) is 0 Å². The van der Waals surface area contributed by atoms with Crippen molar-refractivity contribution in [1.82, 2.24) is 20.2 Å². The normalized spacial score (nSPS) is 19.6. The van der Waals surface area contributed by atoms with Gasteiger partial charge in [-0.2, -0.15) is 4.68 Å². The highest BCUT2D eigenvalue weighted by molar-refractivity contribution is 8.00. The average molecular weight is 274 g/mol. The first kappa shape index (κ1) is 12.3. The summed E-state index contributed by atoms with van der Waals surface area (Å²) in [7, 11) is 0. The summed E-state index contributed by atoms with van der Waals surface area (Å²) in [5.74, 6) is 0.318.